The summed E-state index contributed by atoms with van der Waals surface area (Å²) in [4.78, 5) is 2.33. The first-order chi connectivity index (χ1) is 15.7. The average Bonchev–Trinajstić information content (AvgIpc) is 3.59. The summed E-state index contributed by atoms with van der Waals surface area (Å²) in [6.07, 6.45) is 2.27. The maximum absolute atomic E-state index is 13.8. The zero-order valence-electron chi connectivity index (χ0n) is 19.4. The van der Waals surface area contributed by atoms with E-state index in [1.165, 1.54) is 35.3 Å². The van der Waals surface area contributed by atoms with Crippen molar-refractivity contribution in [1.82, 2.24) is 9.21 Å². The average molecular weight is 477 g/mol. The van der Waals surface area contributed by atoms with E-state index in [2.05, 4.69) is 11.9 Å². The van der Waals surface area contributed by atoms with Gasteiger partial charge < -0.3 is 14.7 Å². The van der Waals surface area contributed by atoms with Gasteiger partial charge in [-0.2, -0.15) is 4.31 Å². The molecule has 180 valence electrons. The van der Waals surface area contributed by atoms with Crippen molar-refractivity contribution in [3.63, 3.8) is 0 Å². The van der Waals surface area contributed by atoms with Crippen LogP contribution in [0.3, 0.4) is 0 Å². The molecule has 4 rings (SSSR count). The lowest BCUT2D eigenvalue weighted by molar-refractivity contribution is 0.0741. The third-order valence-electron chi connectivity index (χ3n) is 6.58. The molecule has 2 aromatic rings. The molecule has 0 aromatic heterocycles. The lowest BCUT2D eigenvalue weighted by Crippen LogP contribution is -2.49. The minimum atomic E-state index is -3.89. The van der Waals surface area contributed by atoms with E-state index in [0.717, 1.165) is 12.5 Å². The van der Waals surface area contributed by atoms with Crippen LogP contribution >= 0.6 is 0 Å². The van der Waals surface area contributed by atoms with Crippen LogP contribution in [0.2, 0.25) is 0 Å². The number of nitrogens with zero attached hydrogens (tertiary/aromatic N) is 2. The summed E-state index contributed by atoms with van der Waals surface area (Å²) >= 11 is 0. The van der Waals surface area contributed by atoms with E-state index in [0.29, 0.717) is 17.7 Å². The molecule has 0 radical (unpaired) electrons. The van der Waals surface area contributed by atoms with Gasteiger partial charge in [0.25, 0.3) is 0 Å². The molecule has 0 saturated heterocycles. The van der Waals surface area contributed by atoms with Gasteiger partial charge in [-0.3, -0.25) is 0 Å². The van der Waals surface area contributed by atoms with Gasteiger partial charge in [0.15, 0.2) is 0 Å². The van der Waals surface area contributed by atoms with E-state index in [-0.39, 0.29) is 41.6 Å². The van der Waals surface area contributed by atoms with Gasteiger partial charge in [-0.1, -0.05) is 25.1 Å². The van der Waals surface area contributed by atoms with Gasteiger partial charge in [-0.25, -0.2) is 12.8 Å². The van der Waals surface area contributed by atoms with Crippen molar-refractivity contribution in [2.45, 2.75) is 43.7 Å². The molecule has 3 atom stereocenters. The molecule has 1 fully saturated rings. The van der Waals surface area contributed by atoms with Crippen LogP contribution in [0.4, 0.5) is 4.39 Å². The van der Waals surface area contributed by atoms with Gasteiger partial charge in [-0.05, 0) is 68.1 Å². The number of halogens is 1. The van der Waals surface area contributed by atoms with Crippen molar-refractivity contribution in [2.75, 3.05) is 33.3 Å². The highest BCUT2D eigenvalue weighted by Crippen LogP contribution is 2.37. The zero-order chi connectivity index (χ0) is 23.8. The van der Waals surface area contributed by atoms with E-state index in [1.807, 2.05) is 6.92 Å². The topological polar surface area (TPSA) is 70.1 Å². The molecule has 1 aliphatic carbocycles. The molecule has 2 aliphatic rings. The summed E-state index contributed by atoms with van der Waals surface area (Å²) < 4.78 is 48.8. The van der Waals surface area contributed by atoms with Crippen LogP contribution in [0.1, 0.15) is 26.7 Å². The third kappa shape index (κ3) is 5.40. The third-order valence-corrected chi connectivity index (χ3v) is 8.60. The number of hydrogen-bond donors (Lipinski definition) is 1. The Hall–Kier alpha value is -2.00. The van der Waals surface area contributed by atoms with Crippen LogP contribution in [0.5, 0.6) is 5.75 Å². The number of rotatable bonds is 7. The molecule has 1 heterocycles. The molecule has 33 heavy (non-hydrogen) atoms. The Morgan fingerprint density at radius 3 is 2.58 bits per heavy atom. The smallest absolute Gasteiger partial charge is 0.247 e. The predicted molar refractivity (Wildman–Crippen MR) is 126 cm³/mol. The SMILES string of the molecule is C[C@H]1CN([C@@H](C)CO)S(=O)(=O)c2ccc(-c3cccc(F)c3)cc2O[C@H]1CN(C)CC1CC1. The van der Waals surface area contributed by atoms with Crippen molar-refractivity contribution in [1.29, 1.82) is 0 Å². The summed E-state index contributed by atoms with van der Waals surface area (Å²) in [6, 6.07) is 10.5. The number of aliphatic hydroxyl groups is 1. The first-order valence-electron chi connectivity index (χ1n) is 11.6. The van der Waals surface area contributed by atoms with E-state index in [9.17, 15) is 17.9 Å². The number of benzene rings is 2. The fourth-order valence-corrected chi connectivity index (χ4v) is 6.24. The fraction of sp³-hybridized carbons (Fsp3) is 0.520. The standard InChI is InChI=1S/C25H33FN2O4S/c1-17-13-28(18(2)16-29)33(30,31)25-10-9-21(20-5-4-6-22(26)11-20)12-23(25)32-24(17)15-27(3)14-19-7-8-19/h4-6,9-12,17-19,24,29H,7-8,13-16H2,1-3H3/t17-,18-,24-/m0/s1. The number of ether oxygens (including phenoxy) is 1. The second-order valence-corrected chi connectivity index (χ2v) is 11.4. The molecule has 1 saturated carbocycles. The maximum Gasteiger partial charge on any atom is 0.247 e. The van der Waals surface area contributed by atoms with Crippen LogP contribution < -0.4 is 4.74 Å². The molecular formula is C25H33FN2O4S. The summed E-state index contributed by atoms with van der Waals surface area (Å²) in [6.45, 7) is 5.36. The molecule has 0 bridgehead atoms. The van der Waals surface area contributed by atoms with Crippen molar-refractivity contribution >= 4 is 10.0 Å². The summed E-state index contributed by atoms with van der Waals surface area (Å²) in [5.74, 6) is 0.547. The quantitative estimate of drug-likeness (QED) is 0.661. The summed E-state index contributed by atoms with van der Waals surface area (Å²) in [5, 5.41) is 9.77. The molecule has 1 aliphatic heterocycles. The van der Waals surface area contributed by atoms with Gasteiger partial charge in [0.1, 0.15) is 22.6 Å². The minimum Gasteiger partial charge on any atom is -0.487 e. The van der Waals surface area contributed by atoms with Crippen molar-refractivity contribution < 1.29 is 22.7 Å². The zero-order valence-corrected chi connectivity index (χ0v) is 20.3. The van der Waals surface area contributed by atoms with E-state index in [1.54, 1.807) is 31.2 Å². The molecule has 6 nitrogen and oxygen atoms in total. The number of fused-ring (bicyclic) bond motifs is 1. The Balaban J connectivity index is 1.75. The van der Waals surface area contributed by atoms with Gasteiger partial charge in [0, 0.05) is 31.6 Å². The lowest BCUT2D eigenvalue weighted by atomic mass is 10.0. The monoisotopic (exact) mass is 476 g/mol. The van der Waals surface area contributed by atoms with Crippen LogP contribution in [-0.2, 0) is 10.0 Å². The van der Waals surface area contributed by atoms with E-state index < -0.39 is 16.1 Å². The summed E-state index contributed by atoms with van der Waals surface area (Å²) in [7, 11) is -1.82. The lowest BCUT2D eigenvalue weighted by Gasteiger charge is -2.37. The van der Waals surface area contributed by atoms with Crippen molar-refractivity contribution in [3.05, 3.63) is 48.3 Å². The number of aliphatic hydroxyl groups excluding tert-OH is 1. The second-order valence-electron chi connectivity index (χ2n) is 9.58. The van der Waals surface area contributed by atoms with Crippen molar-refractivity contribution in [3.8, 4) is 16.9 Å². The molecular weight excluding hydrogens is 443 g/mol. The highest BCUT2D eigenvalue weighted by atomic mass is 32.2. The Morgan fingerprint density at radius 1 is 1.18 bits per heavy atom. The highest BCUT2D eigenvalue weighted by molar-refractivity contribution is 7.89. The number of likely N-dealkylation sites (N-methyl/N-ethyl adjacent to an activating group) is 1. The molecule has 0 amide bonds. The first kappa shape index (κ1) is 24.1. The van der Waals surface area contributed by atoms with Crippen LogP contribution in [-0.4, -0.2) is 68.2 Å². The minimum absolute atomic E-state index is 0.0738. The van der Waals surface area contributed by atoms with Gasteiger partial charge in [-0.15, -0.1) is 0 Å². The largest absolute Gasteiger partial charge is 0.487 e. The predicted octanol–water partition coefficient (Wildman–Crippen LogP) is 3.60. The van der Waals surface area contributed by atoms with E-state index >= 15 is 0 Å². The molecule has 8 heteroatoms. The summed E-state index contributed by atoms with van der Waals surface area (Å²) in [5.41, 5.74) is 1.33. The number of sulfonamides is 1. The normalized spacial score (nSPS) is 23.9. The van der Waals surface area contributed by atoms with Crippen LogP contribution in [0.15, 0.2) is 47.4 Å². The van der Waals surface area contributed by atoms with E-state index in [4.69, 9.17) is 4.74 Å². The Labute approximate surface area is 196 Å². The molecule has 1 N–H and O–H groups in total. The Kier molecular flexibility index (Phi) is 7.09. The second kappa shape index (κ2) is 9.70. The highest BCUT2D eigenvalue weighted by Gasteiger charge is 2.38. The van der Waals surface area contributed by atoms with Crippen LogP contribution in [0, 0.1) is 17.7 Å². The molecule has 0 spiro atoms. The Bertz CT molecular complexity index is 1090. The molecule has 2 aromatic carbocycles. The van der Waals surface area contributed by atoms with Crippen LogP contribution in [0.25, 0.3) is 11.1 Å². The fourth-order valence-electron chi connectivity index (χ4n) is 4.41. The first-order valence-corrected chi connectivity index (χ1v) is 13.0. The van der Waals surface area contributed by atoms with Gasteiger partial charge in [0.05, 0.1) is 6.61 Å². The van der Waals surface area contributed by atoms with Crippen molar-refractivity contribution in [2.24, 2.45) is 11.8 Å². The Morgan fingerprint density at radius 2 is 1.91 bits per heavy atom. The van der Waals surface area contributed by atoms with Gasteiger partial charge in [0.2, 0.25) is 10.0 Å². The number of hydrogen-bond acceptors (Lipinski definition) is 5. The van der Waals surface area contributed by atoms with Gasteiger partial charge >= 0.3 is 0 Å². The maximum atomic E-state index is 13.8. The molecule has 0 unspecified atom stereocenters.